The molecule has 0 aromatic carbocycles. The lowest BCUT2D eigenvalue weighted by atomic mass is 10.0. The zero-order chi connectivity index (χ0) is 11.8. The molecule has 4 nitrogen and oxygen atoms in total. The first kappa shape index (κ1) is 11.6. The van der Waals surface area contributed by atoms with Crippen LogP contribution in [0.5, 0.6) is 0 Å². The summed E-state index contributed by atoms with van der Waals surface area (Å²) in [6, 6.07) is 0. The van der Waals surface area contributed by atoms with E-state index in [-0.39, 0.29) is 11.6 Å². The molecule has 1 heterocycles. The van der Waals surface area contributed by atoms with E-state index < -0.39 is 17.5 Å². The summed E-state index contributed by atoms with van der Waals surface area (Å²) in [4.78, 5) is 10.4. The third kappa shape index (κ3) is 1.98. The number of carboxylic acids is 1. The largest absolute Gasteiger partial charge is 0.477 e. The lowest BCUT2D eigenvalue weighted by Gasteiger charge is -2.12. The summed E-state index contributed by atoms with van der Waals surface area (Å²) in [5.74, 6) is -6.28. The zero-order valence-electron chi connectivity index (χ0n) is 8.66. The van der Waals surface area contributed by atoms with Gasteiger partial charge in [-0.05, 0) is 5.92 Å². The molecule has 1 aromatic heterocycles. The van der Waals surface area contributed by atoms with E-state index >= 15 is 0 Å². The minimum Gasteiger partial charge on any atom is -0.477 e. The number of carbonyl (C=O) groups is 1. The van der Waals surface area contributed by atoms with Crippen LogP contribution in [0.15, 0.2) is 6.20 Å². The highest BCUT2D eigenvalue weighted by molar-refractivity contribution is 5.77. The van der Waals surface area contributed by atoms with Crippen LogP contribution < -0.4 is 0 Å². The molecule has 0 amide bonds. The number of nitrogens with zero attached hydrogens (tertiary/aromatic N) is 2. The Kier molecular flexibility index (Phi) is 2.79. The van der Waals surface area contributed by atoms with Gasteiger partial charge < -0.3 is 5.11 Å². The van der Waals surface area contributed by atoms with Gasteiger partial charge in [-0.15, -0.1) is 0 Å². The molecule has 84 valence electrons. The van der Waals surface area contributed by atoms with Crippen molar-refractivity contribution in [2.75, 3.05) is 0 Å². The maximum atomic E-state index is 13.3. The topological polar surface area (TPSA) is 55.1 Å². The number of aromatic nitrogens is 2. The van der Waals surface area contributed by atoms with Crippen LogP contribution >= 0.6 is 0 Å². The van der Waals surface area contributed by atoms with Gasteiger partial charge in [0, 0.05) is 13.2 Å². The van der Waals surface area contributed by atoms with Crippen LogP contribution in [0, 0.1) is 0 Å². The molecular weight excluding hydrogens is 206 g/mol. The van der Waals surface area contributed by atoms with Crippen LogP contribution in [-0.2, 0) is 17.8 Å². The molecule has 0 atom stereocenters. The number of hydrogen-bond donors (Lipinski definition) is 1. The zero-order valence-corrected chi connectivity index (χ0v) is 8.66. The number of hydrogen-bond acceptors (Lipinski definition) is 2. The highest BCUT2D eigenvalue weighted by Crippen LogP contribution is 2.33. The second-order valence-electron chi connectivity index (χ2n) is 3.64. The summed E-state index contributed by atoms with van der Waals surface area (Å²) < 4.78 is 27.7. The molecule has 0 saturated carbocycles. The average Bonchev–Trinajstić information content (AvgIpc) is 2.47. The Balaban J connectivity index is 3.30. The van der Waals surface area contributed by atoms with Crippen molar-refractivity contribution in [2.45, 2.75) is 25.7 Å². The van der Waals surface area contributed by atoms with Gasteiger partial charge in [-0.1, -0.05) is 13.8 Å². The Labute approximate surface area is 85.5 Å². The maximum Gasteiger partial charge on any atom is 0.379 e. The number of aliphatic carboxylic acids is 1. The Morgan fingerprint density at radius 1 is 1.60 bits per heavy atom. The molecule has 0 unspecified atom stereocenters. The predicted octanol–water partition coefficient (Wildman–Crippen LogP) is 1.72. The molecule has 15 heavy (non-hydrogen) atoms. The Hall–Kier alpha value is -1.46. The van der Waals surface area contributed by atoms with E-state index in [4.69, 9.17) is 5.11 Å². The smallest absolute Gasteiger partial charge is 0.379 e. The normalized spacial score (nSPS) is 12.1. The minimum atomic E-state index is -3.88. The quantitative estimate of drug-likeness (QED) is 0.840. The monoisotopic (exact) mass is 218 g/mol. The summed E-state index contributed by atoms with van der Waals surface area (Å²) >= 11 is 0. The predicted molar refractivity (Wildman–Crippen MR) is 48.8 cm³/mol. The molecule has 0 aliphatic heterocycles. The first-order valence-corrected chi connectivity index (χ1v) is 4.42. The van der Waals surface area contributed by atoms with Crippen LogP contribution in [0.1, 0.15) is 31.0 Å². The van der Waals surface area contributed by atoms with Gasteiger partial charge in [0.05, 0.1) is 11.3 Å². The number of halogens is 2. The second-order valence-corrected chi connectivity index (χ2v) is 3.64. The maximum absolute atomic E-state index is 13.3. The third-order valence-electron chi connectivity index (χ3n) is 2.01. The van der Waals surface area contributed by atoms with Gasteiger partial charge in [0.25, 0.3) is 0 Å². The van der Waals surface area contributed by atoms with E-state index in [0.717, 1.165) is 6.20 Å². The van der Waals surface area contributed by atoms with Gasteiger partial charge >= 0.3 is 11.9 Å². The number of alkyl halides is 2. The Morgan fingerprint density at radius 3 is 2.53 bits per heavy atom. The summed E-state index contributed by atoms with van der Waals surface area (Å²) in [6.07, 6.45) is 1.05. The SMILES string of the molecule is CC(C)c1nn(C)cc1C(F)(F)C(=O)O. The van der Waals surface area contributed by atoms with E-state index in [1.807, 2.05) is 0 Å². The Bertz CT molecular complexity index is 385. The third-order valence-corrected chi connectivity index (χ3v) is 2.01. The minimum absolute atomic E-state index is 0.116. The van der Waals surface area contributed by atoms with Crippen LogP contribution in [0.2, 0.25) is 0 Å². The molecule has 6 heteroatoms. The molecule has 1 rings (SSSR count). The number of carboxylic acid groups (broad SMARTS) is 1. The van der Waals surface area contributed by atoms with Crippen molar-refractivity contribution in [3.05, 3.63) is 17.5 Å². The van der Waals surface area contributed by atoms with Gasteiger partial charge in [0.1, 0.15) is 0 Å². The number of rotatable bonds is 3. The number of aryl methyl sites for hydroxylation is 1. The van der Waals surface area contributed by atoms with E-state index in [0.29, 0.717) is 0 Å². The summed E-state index contributed by atoms with van der Waals surface area (Å²) in [5, 5.41) is 12.3. The fourth-order valence-electron chi connectivity index (χ4n) is 1.29. The van der Waals surface area contributed by atoms with Crippen molar-refractivity contribution in [1.82, 2.24) is 9.78 Å². The molecular formula is C9H12F2N2O2. The van der Waals surface area contributed by atoms with Crippen molar-refractivity contribution >= 4 is 5.97 Å². The molecule has 0 spiro atoms. The van der Waals surface area contributed by atoms with Gasteiger partial charge in [-0.3, -0.25) is 4.68 Å². The van der Waals surface area contributed by atoms with Gasteiger partial charge in [0.2, 0.25) is 0 Å². The van der Waals surface area contributed by atoms with Crippen molar-refractivity contribution in [3.63, 3.8) is 0 Å². The highest BCUT2D eigenvalue weighted by atomic mass is 19.3. The summed E-state index contributed by atoms with van der Waals surface area (Å²) in [7, 11) is 1.48. The summed E-state index contributed by atoms with van der Waals surface area (Å²) in [6.45, 7) is 3.37. The second kappa shape index (κ2) is 3.60. The van der Waals surface area contributed by atoms with Crippen LogP contribution in [-0.4, -0.2) is 20.9 Å². The van der Waals surface area contributed by atoms with E-state index in [2.05, 4.69) is 5.10 Å². The van der Waals surface area contributed by atoms with E-state index in [9.17, 15) is 13.6 Å². The van der Waals surface area contributed by atoms with E-state index in [1.54, 1.807) is 13.8 Å². The van der Waals surface area contributed by atoms with E-state index in [1.165, 1.54) is 11.7 Å². The van der Waals surface area contributed by atoms with Crippen molar-refractivity contribution < 1.29 is 18.7 Å². The van der Waals surface area contributed by atoms with Crippen molar-refractivity contribution in [2.24, 2.45) is 7.05 Å². The van der Waals surface area contributed by atoms with Gasteiger partial charge in [0.15, 0.2) is 0 Å². The van der Waals surface area contributed by atoms with Gasteiger partial charge in [-0.2, -0.15) is 13.9 Å². The molecule has 0 aliphatic rings. The molecule has 0 fully saturated rings. The molecule has 1 N–H and O–H groups in total. The summed E-state index contributed by atoms with van der Waals surface area (Å²) in [5.41, 5.74) is -0.419. The van der Waals surface area contributed by atoms with Crippen LogP contribution in [0.25, 0.3) is 0 Å². The van der Waals surface area contributed by atoms with Crippen LogP contribution in [0.4, 0.5) is 8.78 Å². The average molecular weight is 218 g/mol. The fourth-order valence-corrected chi connectivity index (χ4v) is 1.29. The lowest BCUT2D eigenvalue weighted by Crippen LogP contribution is -2.26. The molecule has 0 bridgehead atoms. The first-order valence-electron chi connectivity index (χ1n) is 4.42. The standard InChI is InChI=1S/C9H12F2N2O2/c1-5(2)7-6(4-13(3)12-7)9(10,11)8(14)15/h4-5H,1-3H3,(H,14,15). The molecule has 1 aromatic rings. The fraction of sp³-hybridized carbons (Fsp3) is 0.556. The van der Waals surface area contributed by atoms with Gasteiger partial charge in [-0.25, -0.2) is 4.79 Å². The molecule has 0 saturated heterocycles. The lowest BCUT2D eigenvalue weighted by molar-refractivity contribution is -0.166. The molecule has 0 aliphatic carbocycles. The van der Waals surface area contributed by atoms with Crippen molar-refractivity contribution in [3.8, 4) is 0 Å². The highest BCUT2D eigenvalue weighted by Gasteiger charge is 2.44. The Morgan fingerprint density at radius 2 is 2.13 bits per heavy atom. The van der Waals surface area contributed by atoms with Crippen molar-refractivity contribution in [1.29, 1.82) is 0 Å². The first-order chi connectivity index (χ1) is 6.76. The van der Waals surface area contributed by atoms with Crippen LogP contribution in [0.3, 0.4) is 0 Å². The molecule has 0 radical (unpaired) electrons.